The predicted octanol–water partition coefficient (Wildman–Crippen LogP) is 9.02. The van der Waals surface area contributed by atoms with Gasteiger partial charge in [0.1, 0.15) is 24.5 Å². The molecule has 103 heavy (non-hydrogen) atoms. The maximum absolute atomic E-state index is 14.8. The molecule has 0 saturated heterocycles. The molecule has 30 heteroatoms. The summed E-state index contributed by atoms with van der Waals surface area (Å²) in [6.45, 7) is 11.3. The van der Waals surface area contributed by atoms with E-state index in [1.165, 1.54) is 45.4 Å². The number of nitrogens with one attached hydrogen (secondary N) is 3. The van der Waals surface area contributed by atoms with E-state index in [4.69, 9.17) is 26.3 Å². The number of unbranched alkanes of at least 4 members (excludes halogenated alkanes) is 2. The number of urea groups is 1. The van der Waals surface area contributed by atoms with Gasteiger partial charge in [-0.3, -0.25) is 53.1 Å². The number of para-hydroxylation sites is 1. The number of pyridine rings is 1. The minimum absolute atomic E-state index is 0.00645. The molecule has 3 aromatic carbocycles. The number of carboxylic acids is 1. The van der Waals surface area contributed by atoms with E-state index in [9.17, 15) is 61.2 Å². The molecule has 4 fully saturated rings. The minimum Gasteiger partial charge on any atom is -0.476 e. The van der Waals surface area contributed by atoms with Gasteiger partial charge in [0.2, 0.25) is 11.8 Å². The number of carbonyl (C=O) groups excluding carboxylic acids is 8. The predicted molar refractivity (Wildman–Crippen MR) is 390 cm³/mol. The van der Waals surface area contributed by atoms with Gasteiger partial charge in [0.15, 0.2) is 10.8 Å². The molecule has 12 rings (SSSR count). The van der Waals surface area contributed by atoms with Crippen molar-refractivity contribution in [1.82, 2.24) is 40.2 Å². The molecule has 4 bridgehead atoms. The lowest BCUT2D eigenvalue weighted by molar-refractivity contribution is -0.139. The lowest BCUT2D eigenvalue weighted by Crippen LogP contribution is -2.62. The number of thiazole rings is 1. The molecule has 27 nitrogen and oxygen atoms in total. The van der Waals surface area contributed by atoms with Crippen LogP contribution in [0.5, 0.6) is 0 Å². The number of imide groups is 1. The summed E-state index contributed by atoms with van der Waals surface area (Å²) in [5.41, 5.74) is 16.6. The van der Waals surface area contributed by atoms with E-state index in [1.807, 2.05) is 59.0 Å². The molecule has 9 amide bonds. The third-order valence-corrected chi connectivity index (χ3v) is 23.5. The van der Waals surface area contributed by atoms with Gasteiger partial charge < -0.3 is 41.7 Å². The van der Waals surface area contributed by atoms with Crippen molar-refractivity contribution in [3.63, 3.8) is 0 Å². The molecule has 3 aromatic heterocycles. The fourth-order valence-electron chi connectivity index (χ4n) is 17.0. The maximum Gasteiger partial charge on any atom is 0.410 e. The van der Waals surface area contributed by atoms with Crippen LogP contribution in [0.4, 0.5) is 26.2 Å². The number of aromatic nitrogens is 4. The number of nitrogens with two attached hydrogens (primary N) is 2. The Balaban J connectivity index is 0.740. The Labute approximate surface area is 606 Å². The van der Waals surface area contributed by atoms with E-state index in [0.29, 0.717) is 84.3 Å². The van der Waals surface area contributed by atoms with E-state index < -0.39 is 81.5 Å². The van der Waals surface area contributed by atoms with Gasteiger partial charge in [0.25, 0.3) is 33.7 Å². The molecule has 548 valence electrons. The number of rotatable bonds is 32. The highest BCUT2D eigenvalue weighted by molar-refractivity contribution is 8.00. The summed E-state index contributed by atoms with van der Waals surface area (Å²) in [6, 6.07) is 20.0. The quantitative estimate of drug-likeness (QED) is 0.0118. The molecule has 2 aliphatic heterocycles. The van der Waals surface area contributed by atoms with Crippen molar-refractivity contribution in [3.8, 4) is 11.1 Å². The van der Waals surface area contributed by atoms with Crippen LogP contribution in [0.1, 0.15) is 148 Å². The van der Waals surface area contributed by atoms with Gasteiger partial charge >= 0.3 is 18.1 Å². The molecule has 4 aliphatic carbocycles. The van der Waals surface area contributed by atoms with E-state index in [2.05, 4.69) is 34.8 Å². The molecular weight excluding hydrogens is 1380 g/mol. The lowest BCUT2D eigenvalue weighted by Gasteiger charge is -2.69. The SMILES string of the molecule is Cc1c(-c2ccc(N3CCc4cccc(C(=O)Nc5nc6ccccc6s5)c4C3)nc2C(=O)O)cnn1CC12CC3(C)CC(C)(C1)CC(SCCN(CCS(=O)(=O)O)C(=O)OCc1ccc(N(C(=O)[C@@H](NC(=O)CCCCCN4C(=O)C=CC4=O)C(C)C)[C@@H](CCCNC(N)=O)C(N)=O)cc1)(C3)C2. The number of aromatic carboxylic acids is 1. The first-order valence-corrected chi connectivity index (χ1v) is 38.2. The number of ether oxygens (including phenoxy) is 1. The Morgan fingerprint density at radius 1 is 0.835 bits per heavy atom. The first kappa shape index (κ1) is 74.9. The number of anilines is 3. The average Bonchev–Trinajstić information content (AvgIpc) is 1.34. The van der Waals surface area contributed by atoms with Crippen molar-refractivity contribution < 1.29 is 66.0 Å². The summed E-state index contributed by atoms with van der Waals surface area (Å²) in [5, 5.41) is 24.5. The second-order valence-corrected chi connectivity index (χ2v) is 33.4. The topological polar surface area (TPSA) is 382 Å². The van der Waals surface area contributed by atoms with Crippen LogP contribution < -0.4 is 37.2 Å². The number of benzene rings is 3. The van der Waals surface area contributed by atoms with Gasteiger partial charge in [-0.25, -0.2) is 24.4 Å². The van der Waals surface area contributed by atoms with Crippen LogP contribution in [0.25, 0.3) is 21.3 Å². The zero-order chi connectivity index (χ0) is 73.8. The molecule has 0 radical (unpaired) electrons. The Hall–Kier alpha value is -9.26. The summed E-state index contributed by atoms with van der Waals surface area (Å²) < 4.78 is 42.9. The van der Waals surface area contributed by atoms with Crippen molar-refractivity contribution in [2.75, 3.05) is 59.3 Å². The number of fused-ring (bicyclic) bond motifs is 2. The van der Waals surface area contributed by atoms with Gasteiger partial charge in [-0.05, 0) is 159 Å². The van der Waals surface area contributed by atoms with Gasteiger partial charge in [-0.2, -0.15) is 25.3 Å². The summed E-state index contributed by atoms with van der Waals surface area (Å²) in [4.78, 5) is 133. The molecule has 6 aromatic rings. The van der Waals surface area contributed by atoms with Gasteiger partial charge in [0.05, 0.1) is 22.2 Å². The number of nitrogens with zero attached hydrogens (tertiary/aromatic N) is 8. The molecule has 0 spiro atoms. The van der Waals surface area contributed by atoms with Crippen molar-refractivity contribution in [3.05, 3.63) is 131 Å². The standard InChI is InChI=1S/C73H89N13O14S3/c1-45(2)61(80-58(87)18-7-6-10-29-84-59(88)25-26-60(84)89)65(92)86(55(63(74)90)16-12-28-76-67(75)95)49-21-19-47(20-22-49)37-100-69(96)82(32-34-103(97,98)99)31-33-101-73-41-70(4)38-71(5,42-73)40-72(39-70,43-73)44-85-46(3)52(35-77-85)50-23-24-57(79-62(50)66(93)94)83-30-27-48-13-11-14-51(53(48)36-83)64(91)81-68-78-54-15-8-9-17-56(54)102-68/h8-9,11,13-15,17,19-26,35,45,55,61H,6-7,10,12,16,18,27-34,36-44H2,1-5H3,(H2,74,90)(H,80,87)(H,93,94)(H3,75,76,95)(H,78,81,91)(H,97,98,99)/t55-,61-,70?,71?,72?,73?/m0/s1. The minimum atomic E-state index is -4.51. The summed E-state index contributed by atoms with van der Waals surface area (Å²) in [6.07, 6.45) is 11.1. The smallest absolute Gasteiger partial charge is 0.410 e. The average molecular weight is 1470 g/mol. The number of hydrogen-bond donors (Lipinski definition) is 7. The first-order valence-electron chi connectivity index (χ1n) is 34.8. The van der Waals surface area contributed by atoms with Crippen molar-refractivity contribution in [1.29, 1.82) is 0 Å². The van der Waals surface area contributed by atoms with Crippen LogP contribution in [0.15, 0.2) is 97.2 Å². The normalized spacial score (nSPS) is 21.0. The Kier molecular flexibility index (Phi) is 22.5. The lowest BCUT2D eigenvalue weighted by atomic mass is 9.40. The highest BCUT2D eigenvalue weighted by atomic mass is 32.2. The highest BCUT2D eigenvalue weighted by Gasteiger charge is 2.66. The number of carboxylic acid groups (broad SMARTS) is 1. The van der Waals surface area contributed by atoms with E-state index >= 15 is 0 Å². The van der Waals surface area contributed by atoms with E-state index in [1.54, 1.807) is 56.1 Å². The van der Waals surface area contributed by atoms with Crippen LogP contribution in [-0.2, 0) is 64.9 Å². The number of carbonyl (C=O) groups is 9. The molecule has 5 heterocycles. The van der Waals surface area contributed by atoms with Crippen LogP contribution in [-0.4, -0.2) is 162 Å². The third-order valence-electron chi connectivity index (χ3n) is 20.5. The second-order valence-electron chi connectivity index (χ2n) is 29.3. The fourth-order valence-corrected chi connectivity index (χ4v) is 20.3. The zero-order valence-corrected chi connectivity index (χ0v) is 60.9. The summed E-state index contributed by atoms with van der Waals surface area (Å²) in [5.74, 6) is -4.53. The Morgan fingerprint density at radius 2 is 1.56 bits per heavy atom. The van der Waals surface area contributed by atoms with Crippen LogP contribution in [0.2, 0.25) is 0 Å². The number of primary amides is 2. The third kappa shape index (κ3) is 17.7. The molecule has 9 N–H and O–H groups in total. The van der Waals surface area contributed by atoms with E-state index in [-0.39, 0.29) is 90.3 Å². The maximum atomic E-state index is 14.8. The summed E-state index contributed by atoms with van der Waals surface area (Å²) in [7, 11) is -4.51. The molecular formula is C73H89N13O14S3. The number of hydrogen-bond acceptors (Lipinski definition) is 18. The summed E-state index contributed by atoms with van der Waals surface area (Å²) >= 11 is 3.17. The van der Waals surface area contributed by atoms with E-state index in [0.717, 1.165) is 70.5 Å². The molecule has 4 atom stereocenters. The van der Waals surface area contributed by atoms with Gasteiger partial charge in [0, 0.05) is 103 Å². The largest absolute Gasteiger partial charge is 0.476 e. The van der Waals surface area contributed by atoms with Gasteiger partial charge in [-0.15, -0.1) is 0 Å². The van der Waals surface area contributed by atoms with Crippen LogP contribution in [0.3, 0.4) is 0 Å². The fraction of sp³-hybridized carbons (Fsp3) is 0.479. The van der Waals surface area contributed by atoms with Gasteiger partial charge in [-0.1, -0.05) is 81.9 Å². The Morgan fingerprint density at radius 3 is 2.24 bits per heavy atom. The Bertz CT molecular complexity index is 4360. The number of amides is 9. The molecule has 4 saturated carbocycles. The van der Waals surface area contributed by atoms with Crippen molar-refractivity contribution in [2.45, 2.75) is 155 Å². The van der Waals surface area contributed by atoms with Crippen molar-refractivity contribution in [2.24, 2.45) is 33.6 Å². The first-order chi connectivity index (χ1) is 48.9. The number of thioether (sulfide) groups is 1. The second kappa shape index (κ2) is 31.0. The van der Waals surface area contributed by atoms with Crippen LogP contribution in [0, 0.1) is 29.1 Å². The van der Waals surface area contributed by atoms with Crippen LogP contribution >= 0.6 is 23.1 Å². The highest BCUT2D eigenvalue weighted by Crippen LogP contribution is 2.74. The molecule has 6 aliphatic rings. The monoisotopic (exact) mass is 1470 g/mol. The van der Waals surface area contributed by atoms with Crippen molar-refractivity contribution >= 4 is 114 Å². The molecule has 2 unspecified atom stereocenters. The zero-order valence-electron chi connectivity index (χ0n) is 58.5.